The number of thiazole rings is 1. The van der Waals surface area contributed by atoms with Crippen LogP contribution in [0.2, 0.25) is 0 Å². The standard InChI is InChI=1S/C21H14F3N5O2S/c1-12-27-18(9-25-2)20(32-12)31-19-7-6-13(8-17(19)24)29-21(30)28(11-26-29)10-14-15(22)4-3-5-16(14)23/h3-8,11H,9-10H2,1H3. The minimum absolute atomic E-state index is 0.00874. The maximum Gasteiger partial charge on any atom is 0.350 e. The zero-order chi connectivity index (χ0) is 22.8. The number of nitrogens with zero attached hydrogens (tertiary/aromatic N) is 5. The molecule has 0 atom stereocenters. The second-order valence-corrected chi connectivity index (χ2v) is 7.82. The van der Waals surface area contributed by atoms with Crippen LogP contribution in [0.3, 0.4) is 0 Å². The average molecular weight is 457 g/mol. The number of benzene rings is 2. The summed E-state index contributed by atoms with van der Waals surface area (Å²) in [6.07, 6.45) is 1.12. The van der Waals surface area contributed by atoms with Gasteiger partial charge in [0.2, 0.25) is 5.06 Å². The van der Waals surface area contributed by atoms with E-state index in [0.717, 1.165) is 33.8 Å². The van der Waals surface area contributed by atoms with Gasteiger partial charge in [-0.1, -0.05) is 17.4 Å². The van der Waals surface area contributed by atoms with Crippen molar-refractivity contribution in [3.05, 3.63) is 98.3 Å². The average Bonchev–Trinajstić information content (AvgIpc) is 3.28. The van der Waals surface area contributed by atoms with Gasteiger partial charge in [0.1, 0.15) is 18.0 Å². The maximum absolute atomic E-state index is 14.7. The Balaban J connectivity index is 1.60. The Morgan fingerprint density at radius 1 is 1.16 bits per heavy atom. The van der Waals surface area contributed by atoms with Crippen LogP contribution in [0.15, 0.2) is 47.5 Å². The van der Waals surface area contributed by atoms with E-state index in [1.807, 2.05) is 0 Å². The van der Waals surface area contributed by atoms with E-state index in [-0.39, 0.29) is 30.1 Å². The Hall–Kier alpha value is -3.91. The molecule has 2 aromatic heterocycles. The normalized spacial score (nSPS) is 10.8. The van der Waals surface area contributed by atoms with Crippen LogP contribution in [-0.4, -0.2) is 19.3 Å². The van der Waals surface area contributed by atoms with Gasteiger partial charge in [0, 0.05) is 11.6 Å². The van der Waals surface area contributed by atoms with E-state index in [2.05, 4.69) is 14.9 Å². The highest BCUT2D eigenvalue weighted by Gasteiger charge is 2.18. The molecule has 4 rings (SSSR count). The van der Waals surface area contributed by atoms with Gasteiger partial charge in [0.05, 0.1) is 17.2 Å². The van der Waals surface area contributed by atoms with Crippen LogP contribution in [-0.2, 0) is 13.1 Å². The quantitative estimate of drug-likeness (QED) is 0.401. The molecule has 11 heteroatoms. The van der Waals surface area contributed by atoms with Gasteiger partial charge in [-0.3, -0.25) is 4.57 Å². The number of aromatic nitrogens is 4. The molecule has 7 nitrogen and oxygen atoms in total. The zero-order valence-electron chi connectivity index (χ0n) is 16.6. The van der Waals surface area contributed by atoms with Crippen molar-refractivity contribution >= 4 is 11.3 Å². The molecule has 0 aliphatic rings. The highest BCUT2D eigenvalue weighted by Crippen LogP contribution is 2.34. The Morgan fingerprint density at radius 3 is 2.59 bits per heavy atom. The summed E-state index contributed by atoms with van der Waals surface area (Å²) in [5, 5.41) is 4.91. The Kier molecular flexibility index (Phi) is 5.79. The predicted molar refractivity (Wildman–Crippen MR) is 110 cm³/mol. The second kappa shape index (κ2) is 8.68. The molecule has 0 radical (unpaired) electrons. The Morgan fingerprint density at radius 2 is 1.91 bits per heavy atom. The van der Waals surface area contributed by atoms with Crippen molar-refractivity contribution in [2.24, 2.45) is 0 Å². The van der Waals surface area contributed by atoms with Crippen LogP contribution in [0.4, 0.5) is 13.2 Å². The summed E-state index contributed by atoms with van der Waals surface area (Å²) in [6.45, 7) is 8.38. The Labute approximate surface area is 183 Å². The minimum atomic E-state index is -0.784. The molecule has 0 bridgehead atoms. The van der Waals surface area contributed by atoms with Crippen molar-refractivity contribution in [1.29, 1.82) is 0 Å². The molecule has 32 heavy (non-hydrogen) atoms. The monoisotopic (exact) mass is 457 g/mol. The van der Waals surface area contributed by atoms with Gasteiger partial charge < -0.3 is 9.58 Å². The second-order valence-electron chi connectivity index (χ2n) is 6.65. The van der Waals surface area contributed by atoms with Crippen LogP contribution in [0.1, 0.15) is 16.3 Å². The molecule has 0 aliphatic carbocycles. The first-order valence-corrected chi connectivity index (χ1v) is 10.0. The number of aryl methyl sites for hydroxylation is 1. The first-order valence-electron chi connectivity index (χ1n) is 9.22. The van der Waals surface area contributed by atoms with Crippen LogP contribution < -0.4 is 10.4 Å². The molecule has 0 spiro atoms. The number of rotatable bonds is 6. The van der Waals surface area contributed by atoms with E-state index in [0.29, 0.717) is 15.8 Å². The van der Waals surface area contributed by atoms with Crippen molar-refractivity contribution in [2.45, 2.75) is 20.0 Å². The molecule has 0 aliphatic heterocycles. The fraction of sp³-hybridized carbons (Fsp3) is 0.143. The van der Waals surface area contributed by atoms with E-state index in [1.54, 1.807) is 6.92 Å². The maximum atomic E-state index is 14.7. The highest BCUT2D eigenvalue weighted by atomic mass is 32.1. The topological polar surface area (TPSA) is 66.3 Å². The first kappa shape index (κ1) is 21.3. The van der Waals surface area contributed by atoms with Crippen molar-refractivity contribution in [2.75, 3.05) is 0 Å². The summed E-state index contributed by atoms with van der Waals surface area (Å²) in [5.74, 6) is -2.44. The lowest BCUT2D eigenvalue weighted by molar-refractivity contribution is 0.447. The van der Waals surface area contributed by atoms with Gasteiger partial charge >= 0.3 is 5.69 Å². The largest absolute Gasteiger partial charge is 0.441 e. The van der Waals surface area contributed by atoms with Crippen LogP contribution in [0, 0.1) is 30.9 Å². The van der Waals surface area contributed by atoms with Gasteiger partial charge in [-0.05, 0) is 31.2 Å². The number of hydrogen-bond donors (Lipinski definition) is 0. The third-order valence-electron chi connectivity index (χ3n) is 4.48. The van der Waals surface area contributed by atoms with E-state index in [1.165, 1.54) is 29.5 Å². The van der Waals surface area contributed by atoms with E-state index in [4.69, 9.17) is 11.3 Å². The third kappa shape index (κ3) is 4.13. The van der Waals surface area contributed by atoms with Gasteiger partial charge in [-0.25, -0.2) is 29.5 Å². The van der Waals surface area contributed by atoms with Gasteiger partial charge in [0.15, 0.2) is 17.3 Å². The lowest BCUT2D eigenvalue weighted by Gasteiger charge is -2.07. The molecule has 0 saturated carbocycles. The van der Waals surface area contributed by atoms with Gasteiger partial charge in [-0.2, -0.15) is 9.78 Å². The van der Waals surface area contributed by atoms with E-state index in [9.17, 15) is 18.0 Å². The zero-order valence-corrected chi connectivity index (χ0v) is 17.4. The number of hydrogen-bond acceptors (Lipinski definition) is 5. The number of halogens is 3. The molecule has 0 saturated heterocycles. The summed E-state index contributed by atoms with van der Waals surface area (Å²) < 4.78 is 50.0. The van der Waals surface area contributed by atoms with Crippen molar-refractivity contribution in [1.82, 2.24) is 19.3 Å². The highest BCUT2D eigenvalue weighted by molar-refractivity contribution is 7.13. The van der Waals surface area contributed by atoms with Crippen LogP contribution in [0.25, 0.3) is 10.5 Å². The summed E-state index contributed by atoms with van der Waals surface area (Å²) in [7, 11) is 0. The SMILES string of the molecule is [C-]#[N+]Cc1nc(C)sc1Oc1ccc(-n2ncn(Cc3c(F)cccc3F)c2=O)cc1F. The smallest absolute Gasteiger partial charge is 0.350 e. The van der Waals surface area contributed by atoms with Crippen molar-refractivity contribution in [3.63, 3.8) is 0 Å². The molecular formula is C21H14F3N5O2S. The van der Waals surface area contributed by atoms with Crippen molar-refractivity contribution in [3.8, 4) is 16.5 Å². The van der Waals surface area contributed by atoms with Crippen LogP contribution >= 0.6 is 11.3 Å². The summed E-state index contributed by atoms with van der Waals surface area (Å²) in [4.78, 5) is 20.1. The molecule has 0 fully saturated rings. The molecule has 4 aromatic rings. The predicted octanol–water partition coefficient (Wildman–Crippen LogP) is 4.48. The summed E-state index contributed by atoms with van der Waals surface area (Å²) >= 11 is 1.19. The Bertz CT molecular complexity index is 1380. The molecule has 2 aromatic carbocycles. The first-order chi connectivity index (χ1) is 15.4. The molecule has 2 heterocycles. The fourth-order valence-electron chi connectivity index (χ4n) is 2.98. The summed E-state index contributed by atoms with van der Waals surface area (Å²) in [5.41, 5.74) is -0.451. The molecule has 0 amide bonds. The van der Waals surface area contributed by atoms with Crippen LogP contribution in [0.5, 0.6) is 10.8 Å². The molecular weight excluding hydrogens is 443 g/mol. The lowest BCUT2D eigenvalue weighted by Crippen LogP contribution is -2.24. The molecule has 0 unspecified atom stereocenters. The molecule has 0 N–H and O–H groups in total. The lowest BCUT2D eigenvalue weighted by atomic mass is 10.2. The van der Waals surface area contributed by atoms with Gasteiger partial charge in [0.25, 0.3) is 6.54 Å². The van der Waals surface area contributed by atoms with Crippen molar-refractivity contribution < 1.29 is 17.9 Å². The van der Waals surface area contributed by atoms with E-state index >= 15 is 0 Å². The molecule has 162 valence electrons. The van der Waals surface area contributed by atoms with Gasteiger partial charge in [-0.15, -0.1) is 0 Å². The number of ether oxygens (including phenoxy) is 1. The van der Waals surface area contributed by atoms with E-state index < -0.39 is 23.1 Å². The fourth-order valence-corrected chi connectivity index (χ4v) is 3.77. The minimum Gasteiger partial charge on any atom is -0.441 e. The summed E-state index contributed by atoms with van der Waals surface area (Å²) in [6, 6.07) is 7.21. The third-order valence-corrected chi connectivity index (χ3v) is 5.37.